The number of methoxy groups -OCH3 is 1. The van der Waals surface area contributed by atoms with E-state index in [0.29, 0.717) is 35.6 Å². The number of sulfone groups is 1. The number of amides is 2. The number of hydrogen-bond acceptors (Lipinski definition) is 6. The van der Waals surface area contributed by atoms with Crippen molar-refractivity contribution in [3.63, 3.8) is 0 Å². The molecule has 11 heteroatoms. The Labute approximate surface area is 261 Å². The number of rotatable bonds is 8. The highest BCUT2D eigenvalue weighted by molar-refractivity contribution is 7.92. The standard InChI is InChI=1S/C32H35ClN2O6S2/c1-34(31(37)38)24-13-15-25(16-14-24)35(30(36)29-28(33)26-11-7-8-12-27(26)42-29)20-23-19-22(21-9-5-4-6-10-21)17-18-32(23,41-2)43(3,39)40/h4-12,17-19,23-25H,13-16,20H2,1-3H3,(H,37,38). The van der Waals surface area contributed by atoms with Crippen LogP contribution in [0.15, 0.2) is 72.8 Å². The van der Waals surface area contributed by atoms with Crippen LogP contribution in [0.1, 0.15) is 40.9 Å². The predicted octanol–water partition coefficient (Wildman–Crippen LogP) is 6.57. The van der Waals surface area contributed by atoms with Gasteiger partial charge in [-0.25, -0.2) is 13.2 Å². The highest BCUT2D eigenvalue weighted by Gasteiger charge is 2.49. The Morgan fingerprint density at radius 3 is 2.28 bits per heavy atom. The number of hydrogen-bond donors (Lipinski definition) is 1. The molecule has 0 radical (unpaired) electrons. The zero-order chi connectivity index (χ0) is 30.9. The molecule has 1 saturated carbocycles. The number of thiophene rings is 1. The molecule has 228 valence electrons. The monoisotopic (exact) mass is 642 g/mol. The van der Waals surface area contributed by atoms with Gasteiger partial charge in [0.25, 0.3) is 5.91 Å². The lowest BCUT2D eigenvalue weighted by Gasteiger charge is -2.43. The van der Waals surface area contributed by atoms with Crippen molar-refractivity contribution in [3.05, 3.63) is 88.3 Å². The fourth-order valence-corrected chi connectivity index (χ4v) is 9.07. The summed E-state index contributed by atoms with van der Waals surface area (Å²) < 4.78 is 33.4. The average Bonchev–Trinajstić information content (AvgIpc) is 3.35. The van der Waals surface area contributed by atoms with Gasteiger partial charge in [0.1, 0.15) is 4.88 Å². The third kappa shape index (κ3) is 5.98. The van der Waals surface area contributed by atoms with Crippen LogP contribution in [0.25, 0.3) is 15.7 Å². The molecule has 2 unspecified atom stereocenters. The number of ether oxygens (including phenoxy) is 1. The van der Waals surface area contributed by atoms with Crippen molar-refractivity contribution >= 4 is 60.4 Å². The number of halogens is 1. The summed E-state index contributed by atoms with van der Waals surface area (Å²) in [6, 6.07) is 16.8. The minimum Gasteiger partial charge on any atom is -0.465 e. The van der Waals surface area contributed by atoms with Crippen molar-refractivity contribution in [1.29, 1.82) is 0 Å². The van der Waals surface area contributed by atoms with Gasteiger partial charge in [-0.1, -0.05) is 72.3 Å². The molecule has 1 N–H and O–H groups in total. The SMILES string of the molecule is COC1(S(C)(=O)=O)C=CC(c2ccccc2)=CC1CN(C(=O)c1sc2ccccc2c1Cl)C1CCC(N(C)C(=O)O)CC1. The van der Waals surface area contributed by atoms with Crippen molar-refractivity contribution in [3.8, 4) is 0 Å². The summed E-state index contributed by atoms with van der Waals surface area (Å²) in [6.07, 6.45) is 7.68. The second-order valence-corrected chi connectivity index (χ2v) is 14.8. The summed E-state index contributed by atoms with van der Waals surface area (Å²) in [5, 5.41) is 10.7. The van der Waals surface area contributed by atoms with E-state index in [1.807, 2.05) is 60.7 Å². The van der Waals surface area contributed by atoms with Gasteiger partial charge in [0.05, 0.1) is 5.02 Å². The number of carbonyl (C=O) groups excluding carboxylic acids is 1. The molecule has 2 amide bonds. The van der Waals surface area contributed by atoms with Crippen LogP contribution in [0, 0.1) is 5.92 Å². The molecular weight excluding hydrogens is 608 g/mol. The van der Waals surface area contributed by atoms with E-state index in [9.17, 15) is 23.1 Å². The van der Waals surface area contributed by atoms with Gasteiger partial charge in [0.2, 0.25) is 0 Å². The normalized spacial score (nSPS) is 24.0. The Morgan fingerprint density at radius 2 is 1.67 bits per heavy atom. The molecule has 2 aliphatic carbocycles. The fraction of sp³-hybridized carbons (Fsp3) is 0.375. The molecule has 0 spiro atoms. The van der Waals surface area contributed by atoms with E-state index in [1.54, 1.807) is 24.1 Å². The highest BCUT2D eigenvalue weighted by atomic mass is 35.5. The zero-order valence-corrected chi connectivity index (χ0v) is 26.7. The number of benzene rings is 2. The van der Waals surface area contributed by atoms with Crippen molar-refractivity contribution < 1.29 is 27.9 Å². The summed E-state index contributed by atoms with van der Waals surface area (Å²) in [7, 11) is -0.862. The van der Waals surface area contributed by atoms with E-state index in [-0.39, 0.29) is 24.5 Å². The lowest BCUT2D eigenvalue weighted by Crippen LogP contribution is -2.54. The van der Waals surface area contributed by atoms with Gasteiger partial charge in [-0.2, -0.15) is 0 Å². The third-order valence-corrected chi connectivity index (χ3v) is 12.2. The van der Waals surface area contributed by atoms with Gasteiger partial charge >= 0.3 is 6.09 Å². The van der Waals surface area contributed by atoms with E-state index >= 15 is 0 Å². The first-order valence-corrected chi connectivity index (χ1v) is 17.2. The summed E-state index contributed by atoms with van der Waals surface area (Å²) in [4.78, 5) is 27.8. The molecule has 5 rings (SSSR count). The number of carboxylic acid groups (broad SMARTS) is 1. The van der Waals surface area contributed by atoms with Crippen molar-refractivity contribution in [2.45, 2.75) is 42.7 Å². The van der Waals surface area contributed by atoms with Crippen molar-refractivity contribution in [2.24, 2.45) is 5.92 Å². The maximum atomic E-state index is 14.5. The van der Waals surface area contributed by atoms with Crippen LogP contribution < -0.4 is 0 Å². The molecule has 0 bridgehead atoms. The quantitative estimate of drug-likeness (QED) is 0.298. The molecule has 0 aliphatic heterocycles. The topological polar surface area (TPSA) is 104 Å². The molecule has 3 aromatic rings. The van der Waals surface area contributed by atoms with E-state index in [1.165, 1.54) is 23.3 Å². The lowest BCUT2D eigenvalue weighted by atomic mass is 9.86. The molecule has 2 aliphatic rings. The van der Waals surface area contributed by atoms with Crippen LogP contribution in [0.5, 0.6) is 0 Å². The van der Waals surface area contributed by atoms with Gasteiger partial charge in [0.15, 0.2) is 14.8 Å². The zero-order valence-electron chi connectivity index (χ0n) is 24.3. The predicted molar refractivity (Wildman–Crippen MR) is 171 cm³/mol. The fourth-order valence-electron chi connectivity index (χ4n) is 6.30. The molecule has 1 aromatic heterocycles. The first-order chi connectivity index (χ1) is 20.5. The Kier molecular flexibility index (Phi) is 9.04. The van der Waals surface area contributed by atoms with Gasteiger partial charge in [-0.15, -0.1) is 11.3 Å². The van der Waals surface area contributed by atoms with Crippen LogP contribution in [0.3, 0.4) is 0 Å². The van der Waals surface area contributed by atoms with Gasteiger partial charge in [-0.05, 0) is 49.0 Å². The Morgan fingerprint density at radius 1 is 1.05 bits per heavy atom. The lowest BCUT2D eigenvalue weighted by molar-refractivity contribution is 0.0295. The van der Waals surface area contributed by atoms with Crippen molar-refractivity contribution in [1.82, 2.24) is 9.80 Å². The second kappa shape index (κ2) is 12.4. The molecular formula is C32H35ClN2O6S2. The van der Waals surface area contributed by atoms with Gasteiger partial charge in [0, 0.05) is 55.0 Å². The molecule has 8 nitrogen and oxygen atoms in total. The molecule has 43 heavy (non-hydrogen) atoms. The maximum Gasteiger partial charge on any atom is 0.407 e. The van der Waals surface area contributed by atoms with Crippen LogP contribution in [0.2, 0.25) is 5.02 Å². The van der Waals surface area contributed by atoms with Crippen LogP contribution in [-0.2, 0) is 14.6 Å². The number of carbonyl (C=O) groups is 2. The minimum atomic E-state index is -3.80. The summed E-state index contributed by atoms with van der Waals surface area (Å²) in [5.41, 5.74) is 1.76. The molecule has 2 aromatic carbocycles. The van der Waals surface area contributed by atoms with Gasteiger partial charge in [-0.3, -0.25) is 4.79 Å². The van der Waals surface area contributed by atoms with Crippen LogP contribution in [0.4, 0.5) is 4.79 Å². The Balaban J connectivity index is 1.57. The highest BCUT2D eigenvalue weighted by Crippen LogP contribution is 2.41. The third-order valence-electron chi connectivity index (χ3n) is 8.74. The molecule has 2 atom stereocenters. The van der Waals surface area contributed by atoms with E-state index in [0.717, 1.165) is 27.5 Å². The number of nitrogens with zero attached hydrogens (tertiary/aromatic N) is 2. The average molecular weight is 643 g/mol. The van der Waals surface area contributed by atoms with Crippen LogP contribution in [-0.4, -0.2) is 79.3 Å². The Hall–Kier alpha value is -3.18. The summed E-state index contributed by atoms with van der Waals surface area (Å²) in [5.74, 6) is -1.01. The largest absolute Gasteiger partial charge is 0.465 e. The van der Waals surface area contributed by atoms with E-state index in [4.69, 9.17) is 16.3 Å². The number of allylic oxidation sites excluding steroid dienone is 2. The summed E-state index contributed by atoms with van der Waals surface area (Å²) in [6.45, 7) is 0.0646. The van der Waals surface area contributed by atoms with Crippen LogP contribution >= 0.6 is 22.9 Å². The van der Waals surface area contributed by atoms with E-state index < -0.39 is 26.8 Å². The van der Waals surface area contributed by atoms with Gasteiger partial charge < -0.3 is 19.6 Å². The van der Waals surface area contributed by atoms with E-state index in [2.05, 4.69) is 0 Å². The van der Waals surface area contributed by atoms with Crippen molar-refractivity contribution in [2.75, 3.05) is 27.0 Å². The summed E-state index contributed by atoms with van der Waals surface area (Å²) >= 11 is 8.10. The minimum absolute atomic E-state index is 0.0646. The maximum absolute atomic E-state index is 14.5. The first kappa shape index (κ1) is 31.3. The Bertz CT molecular complexity index is 1680. The second-order valence-electron chi connectivity index (χ2n) is 11.2. The molecule has 1 fully saturated rings. The smallest absolute Gasteiger partial charge is 0.407 e. The molecule has 0 saturated heterocycles. The first-order valence-electron chi connectivity index (χ1n) is 14.1. The molecule has 1 heterocycles. The number of fused-ring (bicyclic) bond motifs is 1.